The maximum Gasteiger partial charge on any atom is 0.239 e. The van der Waals surface area contributed by atoms with Crippen LogP contribution in [-0.4, -0.2) is 58.2 Å². The molecular formula is C7H15N3O3S. The Morgan fingerprint density at radius 2 is 2.00 bits per heavy atom. The summed E-state index contributed by atoms with van der Waals surface area (Å²) in [6, 6.07) is 0. The van der Waals surface area contributed by atoms with Gasteiger partial charge in [0.25, 0.3) is 0 Å². The van der Waals surface area contributed by atoms with Crippen LogP contribution in [-0.2, 0) is 14.8 Å². The lowest BCUT2D eigenvalue weighted by Gasteiger charge is -2.27. The van der Waals surface area contributed by atoms with Crippen molar-refractivity contribution >= 4 is 15.9 Å². The van der Waals surface area contributed by atoms with Gasteiger partial charge < -0.3 is 10.2 Å². The second-order valence-corrected chi connectivity index (χ2v) is 5.02. The Morgan fingerprint density at radius 3 is 2.50 bits per heavy atom. The van der Waals surface area contributed by atoms with E-state index in [2.05, 4.69) is 10.0 Å². The van der Waals surface area contributed by atoms with Crippen molar-refractivity contribution in [3.05, 3.63) is 0 Å². The predicted molar refractivity (Wildman–Crippen MR) is 52.3 cm³/mol. The minimum absolute atomic E-state index is 0.333. The number of sulfonamides is 1. The van der Waals surface area contributed by atoms with E-state index in [0.29, 0.717) is 13.1 Å². The summed E-state index contributed by atoms with van der Waals surface area (Å²) in [5.74, 6) is -0.787. The average molecular weight is 221 g/mol. The molecule has 14 heavy (non-hydrogen) atoms. The van der Waals surface area contributed by atoms with Gasteiger partial charge in [0.15, 0.2) is 0 Å². The van der Waals surface area contributed by atoms with Gasteiger partial charge in [-0.25, -0.2) is 13.1 Å². The third-order valence-corrected chi connectivity index (χ3v) is 3.34. The zero-order valence-electron chi connectivity index (χ0n) is 8.12. The number of piperazine rings is 1. The number of rotatable bonds is 3. The fraction of sp³-hybridized carbons (Fsp3) is 0.857. The summed E-state index contributed by atoms with van der Waals surface area (Å²) in [7, 11) is -2.12. The quantitative estimate of drug-likeness (QED) is 0.576. The Balaban J connectivity index is 2.49. The molecule has 0 bridgehead atoms. The van der Waals surface area contributed by atoms with Crippen LogP contribution >= 0.6 is 0 Å². The molecule has 0 spiro atoms. The van der Waals surface area contributed by atoms with Crippen molar-refractivity contribution in [2.45, 2.75) is 0 Å². The lowest BCUT2D eigenvalue weighted by Crippen LogP contribution is -2.48. The van der Waals surface area contributed by atoms with Gasteiger partial charge >= 0.3 is 0 Å². The lowest BCUT2D eigenvalue weighted by molar-refractivity contribution is -0.128. The summed E-state index contributed by atoms with van der Waals surface area (Å²) >= 11 is 0. The molecule has 82 valence electrons. The standard InChI is InChI=1S/C7H15N3O3S/c1-8-14(12,13)6-7(11)10-4-2-9-3-5-10/h8-9H,2-6H2,1H3. The number of hydrogen-bond acceptors (Lipinski definition) is 4. The average Bonchev–Trinajstić information content (AvgIpc) is 2.19. The minimum Gasteiger partial charge on any atom is -0.339 e. The summed E-state index contributed by atoms with van der Waals surface area (Å²) < 4.78 is 24.3. The van der Waals surface area contributed by atoms with Crippen molar-refractivity contribution in [1.29, 1.82) is 0 Å². The van der Waals surface area contributed by atoms with E-state index in [4.69, 9.17) is 0 Å². The van der Waals surface area contributed by atoms with Crippen molar-refractivity contribution in [2.24, 2.45) is 0 Å². The van der Waals surface area contributed by atoms with E-state index in [1.165, 1.54) is 7.05 Å². The van der Waals surface area contributed by atoms with Crippen LogP contribution in [0.5, 0.6) is 0 Å². The summed E-state index contributed by atoms with van der Waals surface area (Å²) in [4.78, 5) is 13.0. The van der Waals surface area contributed by atoms with E-state index in [1.54, 1.807) is 4.90 Å². The van der Waals surface area contributed by atoms with Crippen LogP contribution < -0.4 is 10.0 Å². The first-order valence-electron chi connectivity index (χ1n) is 4.45. The molecule has 0 radical (unpaired) electrons. The fourth-order valence-electron chi connectivity index (χ4n) is 1.24. The normalized spacial score (nSPS) is 18.2. The fourth-order valence-corrected chi connectivity index (χ4v) is 1.89. The van der Waals surface area contributed by atoms with Gasteiger partial charge in [-0.15, -0.1) is 0 Å². The molecule has 1 rings (SSSR count). The molecule has 1 saturated heterocycles. The van der Waals surface area contributed by atoms with Crippen LogP contribution in [0.4, 0.5) is 0 Å². The molecule has 1 amide bonds. The molecule has 2 N–H and O–H groups in total. The van der Waals surface area contributed by atoms with Gasteiger partial charge in [0.1, 0.15) is 5.75 Å². The van der Waals surface area contributed by atoms with Crippen molar-refractivity contribution in [3.8, 4) is 0 Å². The van der Waals surface area contributed by atoms with E-state index in [1.807, 2.05) is 0 Å². The molecule has 7 heteroatoms. The first-order valence-corrected chi connectivity index (χ1v) is 6.10. The zero-order valence-corrected chi connectivity index (χ0v) is 8.93. The van der Waals surface area contributed by atoms with Gasteiger partial charge in [-0.1, -0.05) is 0 Å². The SMILES string of the molecule is CNS(=O)(=O)CC(=O)N1CCNCC1. The molecule has 1 heterocycles. The maximum absolute atomic E-state index is 11.5. The maximum atomic E-state index is 11.5. The molecule has 0 aliphatic carbocycles. The molecule has 6 nitrogen and oxygen atoms in total. The third kappa shape index (κ3) is 3.24. The molecule has 0 aromatic carbocycles. The smallest absolute Gasteiger partial charge is 0.239 e. The van der Waals surface area contributed by atoms with Crippen LogP contribution in [0.2, 0.25) is 0 Å². The molecule has 0 aromatic rings. The number of carbonyl (C=O) groups excluding carboxylic acids is 1. The molecular weight excluding hydrogens is 206 g/mol. The minimum atomic E-state index is -3.43. The van der Waals surface area contributed by atoms with E-state index in [0.717, 1.165) is 13.1 Å². The van der Waals surface area contributed by atoms with Gasteiger partial charge in [-0.3, -0.25) is 4.79 Å². The summed E-state index contributed by atoms with van der Waals surface area (Å²) in [5.41, 5.74) is 0. The summed E-state index contributed by atoms with van der Waals surface area (Å²) in [6.07, 6.45) is 0. The molecule has 0 saturated carbocycles. The highest BCUT2D eigenvalue weighted by molar-refractivity contribution is 7.90. The van der Waals surface area contributed by atoms with Crippen LogP contribution in [0.15, 0.2) is 0 Å². The molecule has 0 aromatic heterocycles. The molecule has 0 unspecified atom stereocenters. The number of nitrogens with one attached hydrogen (secondary N) is 2. The van der Waals surface area contributed by atoms with Crippen LogP contribution in [0.25, 0.3) is 0 Å². The van der Waals surface area contributed by atoms with Gasteiger partial charge in [0.05, 0.1) is 0 Å². The number of amides is 1. The molecule has 1 aliphatic heterocycles. The first-order chi connectivity index (χ1) is 6.55. The third-order valence-electron chi connectivity index (χ3n) is 2.09. The highest BCUT2D eigenvalue weighted by Crippen LogP contribution is 1.95. The molecule has 1 fully saturated rings. The Morgan fingerprint density at radius 1 is 1.43 bits per heavy atom. The Kier molecular flexibility index (Phi) is 3.85. The summed E-state index contributed by atoms with van der Waals surface area (Å²) in [5, 5.41) is 3.09. The Labute approximate surface area is 83.7 Å². The first kappa shape index (κ1) is 11.4. The number of carbonyl (C=O) groups is 1. The van der Waals surface area contributed by atoms with Gasteiger partial charge in [0.2, 0.25) is 15.9 Å². The molecule has 0 atom stereocenters. The van der Waals surface area contributed by atoms with E-state index in [9.17, 15) is 13.2 Å². The van der Waals surface area contributed by atoms with Gasteiger partial charge in [-0.2, -0.15) is 0 Å². The topological polar surface area (TPSA) is 78.5 Å². The Bertz CT molecular complexity index is 295. The second-order valence-electron chi connectivity index (χ2n) is 3.09. The van der Waals surface area contributed by atoms with Gasteiger partial charge in [0, 0.05) is 26.2 Å². The van der Waals surface area contributed by atoms with E-state index < -0.39 is 15.8 Å². The largest absolute Gasteiger partial charge is 0.339 e. The summed E-state index contributed by atoms with van der Waals surface area (Å²) in [6.45, 7) is 2.62. The zero-order chi connectivity index (χ0) is 10.6. The monoisotopic (exact) mass is 221 g/mol. The van der Waals surface area contributed by atoms with Crippen molar-refractivity contribution in [2.75, 3.05) is 39.0 Å². The van der Waals surface area contributed by atoms with Crippen LogP contribution in [0.3, 0.4) is 0 Å². The Hall–Kier alpha value is -0.660. The van der Waals surface area contributed by atoms with Crippen molar-refractivity contribution < 1.29 is 13.2 Å². The van der Waals surface area contributed by atoms with E-state index in [-0.39, 0.29) is 5.91 Å². The van der Waals surface area contributed by atoms with E-state index >= 15 is 0 Å². The highest BCUT2D eigenvalue weighted by atomic mass is 32.2. The number of nitrogens with zero attached hydrogens (tertiary/aromatic N) is 1. The lowest BCUT2D eigenvalue weighted by atomic mass is 10.3. The van der Waals surface area contributed by atoms with Crippen LogP contribution in [0.1, 0.15) is 0 Å². The molecule has 1 aliphatic rings. The van der Waals surface area contributed by atoms with Crippen molar-refractivity contribution in [3.63, 3.8) is 0 Å². The predicted octanol–water partition coefficient (Wildman–Crippen LogP) is -2.03. The van der Waals surface area contributed by atoms with Crippen LogP contribution in [0, 0.1) is 0 Å². The van der Waals surface area contributed by atoms with Crippen molar-refractivity contribution in [1.82, 2.24) is 14.9 Å². The second kappa shape index (κ2) is 4.72. The van der Waals surface area contributed by atoms with Gasteiger partial charge in [-0.05, 0) is 7.05 Å². The highest BCUT2D eigenvalue weighted by Gasteiger charge is 2.21. The number of hydrogen-bond donors (Lipinski definition) is 2.